The molecule has 21 heavy (non-hydrogen) atoms. The summed E-state index contributed by atoms with van der Waals surface area (Å²) in [5.41, 5.74) is 2.71. The van der Waals surface area contributed by atoms with Gasteiger partial charge in [0.25, 0.3) is 5.91 Å². The fourth-order valence-electron chi connectivity index (χ4n) is 2.48. The number of hydrogen-bond acceptors (Lipinski definition) is 2. The lowest BCUT2D eigenvalue weighted by Gasteiger charge is -2.14. The van der Waals surface area contributed by atoms with Gasteiger partial charge in [-0.25, -0.2) is 4.39 Å². The molecule has 108 valence electrons. The minimum atomic E-state index is -1.02. The van der Waals surface area contributed by atoms with E-state index in [2.05, 4.69) is 10.6 Å². The molecule has 2 aromatic rings. The first-order chi connectivity index (χ1) is 10.2. The Balaban J connectivity index is 1.70. The number of amides is 1. The molecule has 1 saturated heterocycles. The van der Waals surface area contributed by atoms with Crippen molar-refractivity contribution < 1.29 is 9.18 Å². The van der Waals surface area contributed by atoms with Gasteiger partial charge in [0.15, 0.2) is 0 Å². The topological polar surface area (TPSA) is 41.1 Å². The fraction of sp³-hybridized carbons (Fsp3) is 0.235. The molecule has 3 nitrogen and oxygen atoms in total. The summed E-state index contributed by atoms with van der Waals surface area (Å²) in [5.74, 6) is -0.231. The van der Waals surface area contributed by atoms with Crippen molar-refractivity contribution in [2.24, 2.45) is 0 Å². The highest BCUT2D eigenvalue weighted by molar-refractivity contribution is 5.95. The SMILES string of the molecule is O=C(NC1CNC[C@@H]1F)c1ccc(-c2ccccc2)cc1. The van der Waals surface area contributed by atoms with Gasteiger partial charge in [-0.15, -0.1) is 0 Å². The zero-order chi connectivity index (χ0) is 14.7. The highest BCUT2D eigenvalue weighted by atomic mass is 19.1. The Bertz CT molecular complexity index is 612. The number of hydrogen-bond donors (Lipinski definition) is 2. The van der Waals surface area contributed by atoms with Gasteiger partial charge in [0, 0.05) is 18.7 Å². The lowest BCUT2D eigenvalue weighted by atomic mass is 10.0. The van der Waals surface area contributed by atoms with E-state index in [1.165, 1.54) is 0 Å². The monoisotopic (exact) mass is 284 g/mol. The van der Waals surface area contributed by atoms with Crippen LogP contribution in [0.3, 0.4) is 0 Å². The number of rotatable bonds is 3. The van der Waals surface area contributed by atoms with E-state index in [0.717, 1.165) is 11.1 Å². The summed E-state index contributed by atoms with van der Waals surface area (Å²) in [5, 5.41) is 5.65. The average molecular weight is 284 g/mol. The summed E-state index contributed by atoms with van der Waals surface area (Å²) in [6, 6.07) is 16.9. The quantitative estimate of drug-likeness (QED) is 0.908. The zero-order valence-corrected chi connectivity index (χ0v) is 11.6. The lowest BCUT2D eigenvalue weighted by molar-refractivity contribution is 0.0924. The first-order valence-electron chi connectivity index (χ1n) is 7.05. The molecule has 0 saturated carbocycles. The molecule has 1 unspecified atom stereocenters. The van der Waals surface area contributed by atoms with Gasteiger partial charge in [0.1, 0.15) is 6.17 Å². The molecule has 4 heteroatoms. The van der Waals surface area contributed by atoms with Crippen molar-refractivity contribution in [2.45, 2.75) is 12.2 Å². The van der Waals surface area contributed by atoms with E-state index < -0.39 is 12.2 Å². The Labute approximate surface area is 123 Å². The van der Waals surface area contributed by atoms with Gasteiger partial charge >= 0.3 is 0 Å². The van der Waals surface area contributed by atoms with Crippen LogP contribution in [0.25, 0.3) is 11.1 Å². The van der Waals surface area contributed by atoms with Gasteiger partial charge in [-0.1, -0.05) is 42.5 Å². The van der Waals surface area contributed by atoms with Crippen LogP contribution in [0.4, 0.5) is 4.39 Å². The molecular weight excluding hydrogens is 267 g/mol. The Morgan fingerprint density at radius 1 is 1.00 bits per heavy atom. The van der Waals surface area contributed by atoms with Crippen LogP contribution in [0, 0.1) is 0 Å². The summed E-state index contributed by atoms with van der Waals surface area (Å²) in [6.07, 6.45) is -1.02. The van der Waals surface area contributed by atoms with Crippen LogP contribution in [-0.2, 0) is 0 Å². The Morgan fingerprint density at radius 2 is 1.67 bits per heavy atom. The third kappa shape index (κ3) is 3.11. The van der Waals surface area contributed by atoms with Crippen LogP contribution in [0.1, 0.15) is 10.4 Å². The van der Waals surface area contributed by atoms with Crippen molar-refractivity contribution in [3.8, 4) is 11.1 Å². The molecule has 2 atom stereocenters. The number of alkyl halides is 1. The van der Waals surface area contributed by atoms with Crippen molar-refractivity contribution in [2.75, 3.05) is 13.1 Å². The van der Waals surface area contributed by atoms with Crippen LogP contribution in [0.15, 0.2) is 54.6 Å². The van der Waals surface area contributed by atoms with Gasteiger partial charge < -0.3 is 10.6 Å². The maximum Gasteiger partial charge on any atom is 0.251 e. The van der Waals surface area contributed by atoms with Crippen molar-refractivity contribution in [1.82, 2.24) is 10.6 Å². The highest BCUT2D eigenvalue weighted by Crippen LogP contribution is 2.19. The smallest absolute Gasteiger partial charge is 0.251 e. The molecule has 0 spiro atoms. The number of nitrogens with one attached hydrogen (secondary N) is 2. The zero-order valence-electron chi connectivity index (χ0n) is 11.6. The molecule has 1 heterocycles. The molecule has 0 bridgehead atoms. The van der Waals surface area contributed by atoms with Gasteiger partial charge in [0.05, 0.1) is 6.04 Å². The molecule has 0 aromatic heterocycles. The van der Waals surface area contributed by atoms with Gasteiger partial charge in [0.2, 0.25) is 0 Å². The summed E-state index contributed by atoms with van der Waals surface area (Å²) in [6.45, 7) is 0.785. The predicted octanol–water partition coefficient (Wildman–Crippen LogP) is 2.39. The first-order valence-corrected chi connectivity index (χ1v) is 7.05. The molecule has 0 radical (unpaired) electrons. The van der Waals surface area contributed by atoms with E-state index >= 15 is 0 Å². The number of carbonyl (C=O) groups excluding carboxylic acids is 1. The molecule has 0 aliphatic carbocycles. The van der Waals surface area contributed by atoms with E-state index in [0.29, 0.717) is 18.7 Å². The maximum atomic E-state index is 13.5. The summed E-state index contributed by atoms with van der Waals surface area (Å²) >= 11 is 0. The number of halogens is 1. The Morgan fingerprint density at radius 3 is 2.29 bits per heavy atom. The average Bonchev–Trinajstić information content (AvgIpc) is 2.93. The fourth-order valence-corrected chi connectivity index (χ4v) is 2.48. The molecule has 3 rings (SSSR count). The maximum absolute atomic E-state index is 13.5. The highest BCUT2D eigenvalue weighted by Gasteiger charge is 2.28. The molecule has 1 amide bonds. The van der Waals surface area contributed by atoms with Crippen LogP contribution < -0.4 is 10.6 Å². The molecule has 1 fully saturated rings. The molecular formula is C17H17FN2O. The molecule has 2 aromatic carbocycles. The minimum absolute atomic E-state index is 0.231. The Kier molecular flexibility index (Phi) is 3.97. The van der Waals surface area contributed by atoms with E-state index in [1.54, 1.807) is 12.1 Å². The summed E-state index contributed by atoms with van der Waals surface area (Å²) in [7, 11) is 0. The van der Waals surface area contributed by atoms with E-state index in [9.17, 15) is 9.18 Å². The summed E-state index contributed by atoms with van der Waals surface area (Å²) in [4.78, 5) is 12.1. The molecule has 2 N–H and O–H groups in total. The van der Waals surface area contributed by atoms with Crippen LogP contribution >= 0.6 is 0 Å². The minimum Gasteiger partial charge on any atom is -0.345 e. The second-order valence-corrected chi connectivity index (χ2v) is 5.20. The second kappa shape index (κ2) is 6.06. The normalized spacial score (nSPS) is 21.2. The van der Waals surface area contributed by atoms with Crippen molar-refractivity contribution in [1.29, 1.82) is 0 Å². The van der Waals surface area contributed by atoms with Gasteiger partial charge in [-0.3, -0.25) is 4.79 Å². The summed E-state index contributed by atoms with van der Waals surface area (Å²) < 4.78 is 13.5. The van der Waals surface area contributed by atoms with Crippen LogP contribution in [-0.4, -0.2) is 31.2 Å². The lowest BCUT2D eigenvalue weighted by Crippen LogP contribution is -2.41. The predicted molar refractivity (Wildman–Crippen MR) is 80.9 cm³/mol. The van der Waals surface area contributed by atoms with Crippen molar-refractivity contribution in [3.63, 3.8) is 0 Å². The third-order valence-corrected chi connectivity index (χ3v) is 3.71. The van der Waals surface area contributed by atoms with Crippen LogP contribution in [0.2, 0.25) is 0 Å². The van der Waals surface area contributed by atoms with E-state index in [4.69, 9.17) is 0 Å². The molecule has 1 aliphatic heterocycles. The van der Waals surface area contributed by atoms with E-state index in [1.807, 2.05) is 42.5 Å². The largest absolute Gasteiger partial charge is 0.345 e. The standard InChI is InChI=1S/C17H17FN2O/c18-15-10-19-11-16(15)20-17(21)14-8-6-13(7-9-14)12-4-2-1-3-5-12/h1-9,15-16,19H,10-11H2,(H,20,21)/t15-,16?/m0/s1. The second-order valence-electron chi connectivity index (χ2n) is 5.20. The Hall–Kier alpha value is -2.20. The van der Waals surface area contributed by atoms with Gasteiger partial charge in [-0.2, -0.15) is 0 Å². The van der Waals surface area contributed by atoms with E-state index in [-0.39, 0.29) is 5.91 Å². The van der Waals surface area contributed by atoms with Gasteiger partial charge in [-0.05, 0) is 23.3 Å². The third-order valence-electron chi connectivity index (χ3n) is 3.71. The molecule has 1 aliphatic rings. The number of benzene rings is 2. The number of carbonyl (C=O) groups is 1. The van der Waals surface area contributed by atoms with Crippen molar-refractivity contribution >= 4 is 5.91 Å². The van der Waals surface area contributed by atoms with Crippen molar-refractivity contribution in [3.05, 3.63) is 60.2 Å². The first kappa shape index (κ1) is 13.8. The van der Waals surface area contributed by atoms with Crippen LogP contribution in [0.5, 0.6) is 0 Å².